The smallest absolute Gasteiger partial charge is 0.274 e. The Kier molecular flexibility index (Phi) is 1.61. The van der Waals surface area contributed by atoms with E-state index in [1.807, 2.05) is 0 Å². The Morgan fingerprint density at radius 3 is 3.25 bits per heavy atom. The van der Waals surface area contributed by atoms with Crippen molar-refractivity contribution in [2.45, 2.75) is 5.75 Å². The van der Waals surface area contributed by atoms with E-state index in [0.29, 0.717) is 17.2 Å². The first-order valence-electron chi connectivity index (χ1n) is 3.34. The minimum Gasteiger partial charge on any atom is -0.278 e. The third kappa shape index (κ3) is 1.00. The summed E-state index contributed by atoms with van der Waals surface area (Å²) in [6, 6.07) is 1.43. The lowest BCUT2D eigenvalue weighted by Crippen LogP contribution is -2.15. The molecule has 2 heterocycles. The second kappa shape index (κ2) is 2.63. The van der Waals surface area contributed by atoms with Crippen LogP contribution >= 0.6 is 12.6 Å². The molecule has 0 fully saturated rings. The number of aromatic nitrogens is 4. The molecule has 2 rings (SSSR count). The molecule has 0 atom stereocenters. The molecule has 0 saturated heterocycles. The van der Waals surface area contributed by atoms with Gasteiger partial charge in [0.15, 0.2) is 0 Å². The van der Waals surface area contributed by atoms with Gasteiger partial charge in [0.05, 0.1) is 5.69 Å². The third-order valence-corrected chi connectivity index (χ3v) is 1.81. The van der Waals surface area contributed by atoms with E-state index in [4.69, 9.17) is 0 Å². The van der Waals surface area contributed by atoms with Crippen molar-refractivity contribution in [3.8, 4) is 0 Å². The molecule has 0 aliphatic carbocycles. The highest BCUT2D eigenvalue weighted by molar-refractivity contribution is 7.79. The normalized spacial score (nSPS) is 10.8. The molecule has 0 amide bonds. The molecule has 1 N–H and O–H groups in total. The summed E-state index contributed by atoms with van der Waals surface area (Å²) >= 11 is 4.02. The molecule has 5 nitrogen and oxygen atoms in total. The maximum Gasteiger partial charge on any atom is 0.274 e. The minimum atomic E-state index is -0.165. The van der Waals surface area contributed by atoms with Crippen molar-refractivity contribution >= 4 is 18.4 Å². The molecular formula is C6H6N4OS. The van der Waals surface area contributed by atoms with Crippen LogP contribution in [0.15, 0.2) is 17.2 Å². The molecule has 2 aromatic heterocycles. The number of fused-ring (bicyclic) bond motifs is 1. The van der Waals surface area contributed by atoms with Crippen LogP contribution in [0.25, 0.3) is 5.78 Å². The van der Waals surface area contributed by atoms with Crippen LogP contribution in [0, 0.1) is 0 Å². The van der Waals surface area contributed by atoms with Gasteiger partial charge in [0.1, 0.15) is 6.33 Å². The van der Waals surface area contributed by atoms with Gasteiger partial charge < -0.3 is 0 Å². The second-order valence-electron chi connectivity index (χ2n) is 2.27. The number of nitrogens with one attached hydrogen (secondary N) is 1. The summed E-state index contributed by atoms with van der Waals surface area (Å²) in [5.74, 6) is 0.824. The molecule has 0 radical (unpaired) electrons. The van der Waals surface area contributed by atoms with Crippen LogP contribution in [0.4, 0.5) is 0 Å². The fourth-order valence-electron chi connectivity index (χ4n) is 0.950. The molecule has 0 unspecified atom stereocenters. The zero-order chi connectivity index (χ0) is 8.55. The van der Waals surface area contributed by atoms with E-state index in [1.54, 1.807) is 0 Å². The van der Waals surface area contributed by atoms with Crippen molar-refractivity contribution in [2.75, 3.05) is 0 Å². The Labute approximate surface area is 72.9 Å². The lowest BCUT2D eigenvalue weighted by atomic mass is 10.4. The number of hydrogen-bond donors (Lipinski definition) is 2. The van der Waals surface area contributed by atoms with E-state index in [1.165, 1.54) is 16.9 Å². The Hall–Kier alpha value is -1.30. The minimum absolute atomic E-state index is 0.165. The van der Waals surface area contributed by atoms with Crippen LogP contribution in [0.1, 0.15) is 5.69 Å². The lowest BCUT2D eigenvalue weighted by molar-refractivity contribution is 0.887. The summed E-state index contributed by atoms with van der Waals surface area (Å²) in [4.78, 5) is 19.1. The largest absolute Gasteiger partial charge is 0.278 e. The van der Waals surface area contributed by atoms with Crippen molar-refractivity contribution in [2.24, 2.45) is 0 Å². The molecule has 12 heavy (non-hydrogen) atoms. The maximum atomic E-state index is 11.2. The fourth-order valence-corrected chi connectivity index (χ4v) is 1.11. The van der Waals surface area contributed by atoms with E-state index in [9.17, 15) is 4.79 Å². The van der Waals surface area contributed by atoms with E-state index < -0.39 is 0 Å². The van der Waals surface area contributed by atoms with Gasteiger partial charge in [-0.1, -0.05) is 0 Å². The highest BCUT2D eigenvalue weighted by Gasteiger charge is 2.01. The number of thiol groups is 1. The Morgan fingerprint density at radius 1 is 1.67 bits per heavy atom. The number of rotatable bonds is 1. The molecule has 0 aliphatic heterocycles. The quantitative estimate of drug-likeness (QED) is 0.603. The predicted octanol–water partition coefficient (Wildman–Crippen LogP) is -0.153. The summed E-state index contributed by atoms with van der Waals surface area (Å²) in [5, 5.41) is 2.64. The van der Waals surface area contributed by atoms with E-state index in [2.05, 4.69) is 27.7 Å². The number of nitrogens with zero attached hydrogens (tertiary/aromatic N) is 3. The zero-order valence-corrected chi connectivity index (χ0v) is 6.95. The Balaban J connectivity index is 2.84. The highest BCUT2D eigenvalue weighted by atomic mass is 32.1. The van der Waals surface area contributed by atoms with Crippen molar-refractivity contribution in [1.29, 1.82) is 0 Å². The van der Waals surface area contributed by atoms with Crippen molar-refractivity contribution in [3.05, 3.63) is 28.4 Å². The fraction of sp³-hybridized carbons (Fsp3) is 0.167. The number of aromatic amines is 1. The Bertz CT molecular complexity index is 460. The van der Waals surface area contributed by atoms with Gasteiger partial charge >= 0.3 is 0 Å². The van der Waals surface area contributed by atoms with Crippen molar-refractivity contribution in [3.63, 3.8) is 0 Å². The van der Waals surface area contributed by atoms with Gasteiger partial charge in [0, 0.05) is 11.8 Å². The molecule has 0 bridgehead atoms. The van der Waals surface area contributed by atoms with Crippen LogP contribution in [-0.4, -0.2) is 19.6 Å². The molecule has 0 spiro atoms. The summed E-state index contributed by atoms with van der Waals surface area (Å²) in [6.45, 7) is 0. The first kappa shape index (κ1) is 7.35. The van der Waals surface area contributed by atoms with Gasteiger partial charge in [-0.25, -0.2) is 9.97 Å². The van der Waals surface area contributed by atoms with Crippen LogP contribution in [0.2, 0.25) is 0 Å². The van der Waals surface area contributed by atoms with Gasteiger partial charge in [-0.05, 0) is 0 Å². The lowest BCUT2D eigenvalue weighted by Gasteiger charge is -1.93. The van der Waals surface area contributed by atoms with Crippen molar-refractivity contribution < 1.29 is 0 Å². The predicted molar refractivity (Wildman–Crippen MR) is 46.3 cm³/mol. The van der Waals surface area contributed by atoms with E-state index in [-0.39, 0.29) is 5.56 Å². The van der Waals surface area contributed by atoms with Crippen LogP contribution in [-0.2, 0) is 5.75 Å². The molecule has 0 aromatic carbocycles. The van der Waals surface area contributed by atoms with Gasteiger partial charge in [-0.15, -0.1) is 0 Å². The number of H-pyrrole nitrogens is 1. The molecule has 6 heteroatoms. The first-order chi connectivity index (χ1) is 5.81. The highest BCUT2D eigenvalue weighted by Crippen LogP contribution is 1.96. The van der Waals surface area contributed by atoms with Gasteiger partial charge in [0.25, 0.3) is 11.3 Å². The van der Waals surface area contributed by atoms with Gasteiger partial charge in [-0.3, -0.25) is 9.89 Å². The zero-order valence-electron chi connectivity index (χ0n) is 6.06. The molecule has 2 aromatic rings. The maximum absolute atomic E-state index is 11.2. The topological polar surface area (TPSA) is 63.0 Å². The summed E-state index contributed by atoms with van der Waals surface area (Å²) in [5.41, 5.74) is 0.469. The molecular weight excluding hydrogens is 176 g/mol. The monoisotopic (exact) mass is 182 g/mol. The molecule has 0 aliphatic rings. The van der Waals surface area contributed by atoms with Crippen LogP contribution < -0.4 is 5.56 Å². The average Bonchev–Trinajstić information content (AvgIpc) is 2.52. The average molecular weight is 182 g/mol. The van der Waals surface area contributed by atoms with Crippen LogP contribution in [0.5, 0.6) is 0 Å². The SMILES string of the molecule is O=c1cc(CS)nc2nc[nH]n12. The Morgan fingerprint density at radius 2 is 2.50 bits per heavy atom. The third-order valence-electron chi connectivity index (χ3n) is 1.48. The summed E-state index contributed by atoms with van der Waals surface area (Å²) in [7, 11) is 0. The summed E-state index contributed by atoms with van der Waals surface area (Å²) in [6.07, 6.45) is 1.42. The summed E-state index contributed by atoms with van der Waals surface area (Å²) < 4.78 is 1.27. The molecule has 62 valence electrons. The van der Waals surface area contributed by atoms with E-state index >= 15 is 0 Å². The second-order valence-corrected chi connectivity index (χ2v) is 2.58. The standard InChI is InChI=1S/C6H6N4OS/c11-5-1-4(2-12)9-6-7-3-8-10(5)6/h1,3,12H,2H2,(H,7,8,9). The first-order valence-corrected chi connectivity index (χ1v) is 3.97. The van der Waals surface area contributed by atoms with E-state index in [0.717, 1.165) is 0 Å². The van der Waals surface area contributed by atoms with Crippen molar-refractivity contribution in [1.82, 2.24) is 19.6 Å². The molecule has 0 saturated carbocycles. The van der Waals surface area contributed by atoms with Gasteiger partial charge in [0.2, 0.25) is 0 Å². The number of hydrogen-bond acceptors (Lipinski definition) is 4. The van der Waals surface area contributed by atoms with Crippen LogP contribution in [0.3, 0.4) is 0 Å². The van der Waals surface area contributed by atoms with Gasteiger partial charge in [-0.2, -0.15) is 17.1 Å².